The molecular formula is C14H16N8S2. The number of rotatable bonds is 3. The van der Waals surface area contributed by atoms with Crippen LogP contribution < -0.4 is 28.0 Å². The molecule has 124 valence electrons. The van der Waals surface area contributed by atoms with Gasteiger partial charge in [-0.25, -0.2) is 10.8 Å². The first-order valence-corrected chi connectivity index (χ1v) is 8.15. The van der Waals surface area contributed by atoms with Gasteiger partial charge in [-0.1, -0.05) is 18.2 Å². The molecule has 0 aliphatic heterocycles. The number of imidazole rings is 1. The van der Waals surface area contributed by atoms with Crippen LogP contribution in [0.2, 0.25) is 0 Å². The van der Waals surface area contributed by atoms with Crippen molar-refractivity contribution >= 4 is 47.4 Å². The Labute approximate surface area is 147 Å². The summed E-state index contributed by atoms with van der Waals surface area (Å²) in [6.45, 7) is 0. The normalized spacial score (nSPS) is 11.9. The maximum atomic E-state index is 5.82. The standard InChI is InChI=1S/C14H16N8S2/c15-14-19-8-3-1-2-7(11(8)20-14)6-4-5-9(23)12(24-18)10(6)13(21-16)22-17/h1-5,23H,16-18H2,(H,21,22)(H3,15,19,20). The second-order valence-corrected chi connectivity index (χ2v) is 6.03. The van der Waals surface area contributed by atoms with Crippen LogP contribution in [-0.2, 0) is 0 Å². The summed E-state index contributed by atoms with van der Waals surface area (Å²) < 4.78 is 0. The minimum absolute atomic E-state index is 0.286. The number of nitrogens with one attached hydrogen (secondary N) is 2. The molecule has 1 heterocycles. The fourth-order valence-corrected chi connectivity index (χ4v) is 3.45. The van der Waals surface area contributed by atoms with Crippen LogP contribution in [0, 0.1) is 0 Å². The highest BCUT2D eigenvalue weighted by Gasteiger charge is 2.20. The number of amidine groups is 1. The minimum atomic E-state index is 0.286. The Morgan fingerprint density at radius 2 is 2.04 bits per heavy atom. The molecule has 0 radical (unpaired) electrons. The predicted molar refractivity (Wildman–Crippen MR) is 101 cm³/mol. The van der Waals surface area contributed by atoms with E-state index in [0.717, 1.165) is 34.1 Å². The van der Waals surface area contributed by atoms with Gasteiger partial charge < -0.3 is 22.0 Å². The topological polar surface area (TPSA) is 157 Å². The number of hydrazine groups is 1. The van der Waals surface area contributed by atoms with Gasteiger partial charge in [0.05, 0.1) is 11.0 Å². The third-order valence-electron chi connectivity index (χ3n) is 3.58. The summed E-state index contributed by atoms with van der Waals surface area (Å²) in [6, 6.07) is 9.45. The van der Waals surface area contributed by atoms with Crippen LogP contribution in [0.3, 0.4) is 0 Å². The van der Waals surface area contributed by atoms with E-state index >= 15 is 0 Å². The third-order valence-corrected chi connectivity index (χ3v) is 4.76. The second-order valence-electron chi connectivity index (χ2n) is 4.90. The van der Waals surface area contributed by atoms with Crippen LogP contribution in [0.4, 0.5) is 5.95 Å². The number of H-pyrrole nitrogens is 1. The summed E-state index contributed by atoms with van der Waals surface area (Å²) in [7, 11) is 0. The minimum Gasteiger partial charge on any atom is -0.369 e. The number of nitrogens with zero attached hydrogens (tertiary/aromatic N) is 2. The van der Waals surface area contributed by atoms with Crippen LogP contribution in [-0.4, -0.2) is 15.8 Å². The molecule has 3 rings (SSSR count). The molecular weight excluding hydrogens is 344 g/mol. The highest BCUT2D eigenvalue weighted by molar-refractivity contribution is 7.97. The number of anilines is 1. The van der Waals surface area contributed by atoms with Crippen molar-refractivity contribution < 1.29 is 0 Å². The van der Waals surface area contributed by atoms with Crippen molar-refractivity contribution in [3.63, 3.8) is 0 Å². The maximum absolute atomic E-state index is 5.82. The van der Waals surface area contributed by atoms with Crippen LogP contribution in [0.5, 0.6) is 0 Å². The lowest BCUT2D eigenvalue weighted by Gasteiger charge is -2.16. The van der Waals surface area contributed by atoms with Gasteiger partial charge in [-0.2, -0.15) is 5.10 Å². The molecule has 0 bridgehead atoms. The zero-order valence-corrected chi connectivity index (χ0v) is 14.2. The van der Waals surface area contributed by atoms with E-state index in [2.05, 4.69) is 33.1 Å². The predicted octanol–water partition coefficient (Wildman–Crippen LogP) is 1.15. The first-order chi connectivity index (χ1) is 11.6. The molecule has 24 heavy (non-hydrogen) atoms. The van der Waals surface area contributed by atoms with E-state index < -0.39 is 0 Å². The van der Waals surface area contributed by atoms with Gasteiger partial charge in [0.1, 0.15) is 0 Å². The van der Waals surface area contributed by atoms with E-state index in [9.17, 15) is 0 Å². The molecule has 0 amide bonds. The molecule has 10 heteroatoms. The van der Waals surface area contributed by atoms with Crippen molar-refractivity contribution in [2.45, 2.75) is 9.79 Å². The van der Waals surface area contributed by atoms with Crippen molar-refractivity contribution in [3.8, 4) is 11.1 Å². The highest BCUT2D eigenvalue weighted by Crippen LogP contribution is 2.37. The number of benzene rings is 2. The van der Waals surface area contributed by atoms with E-state index in [1.807, 2.05) is 30.3 Å². The molecule has 0 saturated heterocycles. The summed E-state index contributed by atoms with van der Waals surface area (Å²) in [5, 5.41) is 9.55. The first kappa shape index (κ1) is 16.5. The van der Waals surface area contributed by atoms with Crippen LogP contribution in [0.15, 0.2) is 45.2 Å². The Morgan fingerprint density at radius 1 is 1.25 bits per heavy atom. The van der Waals surface area contributed by atoms with E-state index in [1.165, 1.54) is 0 Å². The summed E-state index contributed by atoms with van der Waals surface area (Å²) in [6.07, 6.45) is 0. The summed E-state index contributed by atoms with van der Waals surface area (Å²) in [4.78, 5) is 8.75. The molecule has 0 unspecified atom stereocenters. The first-order valence-electron chi connectivity index (χ1n) is 6.82. The van der Waals surface area contributed by atoms with Gasteiger partial charge >= 0.3 is 0 Å². The maximum Gasteiger partial charge on any atom is 0.198 e. The Bertz CT molecular complexity index is 934. The number of hydrogen-bond donors (Lipinski definition) is 7. The average Bonchev–Trinajstić information content (AvgIpc) is 2.96. The fourth-order valence-electron chi connectivity index (χ4n) is 2.59. The van der Waals surface area contributed by atoms with Crippen LogP contribution >= 0.6 is 24.6 Å². The van der Waals surface area contributed by atoms with Crippen molar-refractivity contribution in [1.29, 1.82) is 0 Å². The molecule has 0 atom stereocenters. The molecule has 8 nitrogen and oxygen atoms in total. The van der Waals surface area contributed by atoms with E-state index in [0.29, 0.717) is 21.3 Å². The summed E-state index contributed by atoms with van der Waals surface area (Å²) in [5.41, 5.74) is 12.1. The highest BCUT2D eigenvalue weighted by atomic mass is 32.2. The quantitative estimate of drug-likeness (QED) is 0.0921. The average molecular weight is 360 g/mol. The summed E-state index contributed by atoms with van der Waals surface area (Å²) in [5.74, 6) is 11.7. The van der Waals surface area contributed by atoms with Crippen molar-refractivity contribution in [3.05, 3.63) is 35.9 Å². The monoisotopic (exact) mass is 360 g/mol. The van der Waals surface area contributed by atoms with Gasteiger partial charge in [0.25, 0.3) is 0 Å². The number of aromatic amines is 1. The number of para-hydroxylation sites is 1. The molecule has 0 aliphatic rings. The molecule has 10 N–H and O–H groups in total. The van der Waals surface area contributed by atoms with E-state index in [-0.39, 0.29) is 5.84 Å². The Hall–Kier alpha value is -2.40. The van der Waals surface area contributed by atoms with Crippen molar-refractivity contribution in [2.24, 2.45) is 21.9 Å². The second kappa shape index (κ2) is 6.61. The lowest BCUT2D eigenvalue weighted by atomic mass is 9.97. The van der Waals surface area contributed by atoms with Gasteiger partial charge in [-0.3, -0.25) is 5.14 Å². The van der Waals surface area contributed by atoms with Gasteiger partial charge in [0.15, 0.2) is 11.8 Å². The van der Waals surface area contributed by atoms with Gasteiger partial charge in [0.2, 0.25) is 0 Å². The van der Waals surface area contributed by atoms with Crippen molar-refractivity contribution in [2.75, 3.05) is 5.73 Å². The largest absolute Gasteiger partial charge is 0.369 e. The number of nitrogen functional groups attached to an aromatic ring is 1. The SMILES string of the molecule is N/N=C(\NN)c1c(-c2cccc3[nH]c(N)nc23)ccc(S)c1SN. The van der Waals surface area contributed by atoms with Crippen molar-refractivity contribution in [1.82, 2.24) is 15.4 Å². The smallest absolute Gasteiger partial charge is 0.198 e. The van der Waals surface area contributed by atoms with E-state index in [4.69, 9.17) is 22.6 Å². The third kappa shape index (κ3) is 2.65. The Kier molecular flexibility index (Phi) is 4.53. The van der Waals surface area contributed by atoms with Gasteiger partial charge in [-0.05, 0) is 29.6 Å². The Morgan fingerprint density at radius 3 is 2.71 bits per heavy atom. The number of nitrogens with two attached hydrogens (primary N) is 4. The number of hydrazone groups is 1. The molecule has 3 aromatic rings. The fraction of sp³-hybridized carbons (Fsp3) is 0. The number of aromatic nitrogens is 2. The number of fused-ring (bicyclic) bond motifs is 1. The van der Waals surface area contributed by atoms with Crippen LogP contribution in [0.1, 0.15) is 5.56 Å². The number of thiol groups is 1. The van der Waals surface area contributed by atoms with Gasteiger partial charge in [0, 0.05) is 20.9 Å². The lowest BCUT2D eigenvalue weighted by Crippen LogP contribution is -2.33. The molecule has 0 spiro atoms. The molecule has 0 fully saturated rings. The van der Waals surface area contributed by atoms with Gasteiger partial charge in [-0.15, -0.1) is 12.6 Å². The molecule has 0 aliphatic carbocycles. The lowest BCUT2D eigenvalue weighted by molar-refractivity contribution is 0.994. The zero-order chi connectivity index (χ0) is 17.3. The Balaban J connectivity index is 2.39. The molecule has 0 saturated carbocycles. The number of hydrogen-bond acceptors (Lipinski definition) is 8. The molecule has 2 aromatic carbocycles. The molecule has 1 aromatic heterocycles. The summed E-state index contributed by atoms with van der Waals surface area (Å²) >= 11 is 5.49. The van der Waals surface area contributed by atoms with Crippen LogP contribution in [0.25, 0.3) is 22.2 Å². The zero-order valence-electron chi connectivity index (χ0n) is 12.4. The van der Waals surface area contributed by atoms with E-state index in [1.54, 1.807) is 0 Å².